The van der Waals surface area contributed by atoms with Crippen LogP contribution >= 0.6 is 0 Å². The van der Waals surface area contributed by atoms with Crippen LogP contribution in [0.25, 0.3) is 0 Å². The molecule has 0 N–H and O–H groups in total. The summed E-state index contributed by atoms with van der Waals surface area (Å²) in [5.74, 6) is 0. The zero-order valence-corrected chi connectivity index (χ0v) is 4.28. The Morgan fingerprint density at radius 3 is 2.71 bits per heavy atom. The zero-order valence-electron chi connectivity index (χ0n) is 4.28. The molecule has 0 spiro atoms. The van der Waals surface area contributed by atoms with Crippen molar-refractivity contribution in [1.82, 2.24) is 0 Å². The maximum atomic E-state index is 3.51. The van der Waals surface area contributed by atoms with Crippen molar-refractivity contribution in [2.45, 2.75) is 6.42 Å². The summed E-state index contributed by atoms with van der Waals surface area (Å²) < 4.78 is 0. The first-order valence-electron chi connectivity index (χ1n) is 2.12. The summed E-state index contributed by atoms with van der Waals surface area (Å²) in [4.78, 5) is 0. The van der Waals surface area contributed by atoms with E-state index in [4.69, 9.17) is 0 Å². The maximum absolute atomic E-state index is 3.51. The quantitative estimate of drug-likeness (QED) is 0.361. The van der Waals surface area contributed by atoms with Crippen molar-refractivity contribution in [2.24, 2.45) is 0 Å². The number of hydrogen-bond acceptors (Lipinski definition) is 0. The molecule has 0 fully saturated rings. The van der Waals surface area contributed by atoms with Gasteiger partial charge in [0.2, 0.25) is 0 Å². The molecular weight excluding hydrogens is 84.1 g/mol. The number of hydrogen-bond donors (Lipinski definition) is 0. The first-order valence-corrected chi connectivity index (χ1v) is 2.12. The molecule has 0 rings (SSSR count). The first-order chi connectivity index (χ1) is 3.41. The fourth-order valence-corrected chi connectivity index (χ4v) is 0.214. The van der Waals surface area contributed by atoms with Gasteiger partial charge in [0.25, 0.3) is 0 Å². The van der Waals surface area contributed by atoms with Crippen molar-refractivity contribution in [2.75, 3.05) is 0 Å². The molecule has 0 atom stereocenters. The van der Waals surface area contributed by atoms with E-state index in [1.807, 2.05) is 6.08 Å². The Bertz CT molecular complexity index is 119. The van der Waals surface area contributed by atoms with Gasteiger partial charge < -0.3 is 0 Å². The van der Waals surface area contributed by atoms with E-state index in [0.717, 1.165) is 6.42 Å². The minimum atomic E-state index is 0.850. The Balaban J connectivity index is 3.47. The van der Waals surface area contributed by atoms with Crippen molar-refractivity contribution in [3.8, 4) is 0 Å². The van der Waals surface area contributed by atoms with Crippen LogP contribution in [0.15, 0.2) is 36.8 Å². The third-order valence-corrected chi connectivity index (χ3v) is 0.489. The lowest BCUT2D eigenvalue weighted by Crippen LogP contribution is -1.46. The van der Waals surface area contributed by atoms with Gasteiger partial charge in [-0.3, -0.25) is 0 Å². The zero-order chi connectivity index (χ0) is 5.54. The molecule has 0 aliphatic heterocycles. The van der Waals surface area contributed by atoms with Crippen LogP contribution in [0, 0.1) is 0 Å². The van der Waals surface area contributed by atoms with Crippen LogP contribution in [-0.2, 0) is 0 Å². The van der Waals surface area contributed by atoms with Crippen molar-refractivity contribution in [3.63, 3.8) is 0 Å². The first kappa shape index (κ1) is 6.04. The minimum Gasteiger partial charge on any atom is -0.103 e. The monoisotopic (exact) mass is 92.1 g/mol. The predicted molar refractivity (Wildman–Crippen MR) is 32.0 cm³/mol. The summed E-state index contributed by atoms with van der Waals surface area (Å²) in [6.45, 7) is 6.84. The van der Waals surface area contributed by atoms with E-state index in [1.54, 1.807) is 6.08 Å². The number of allylic oxidation sites excluding steroid dienone is 2. The summed E-state index contributed by atoms with van der Waals surface area (Å²) in [6, 6.07) is 0. The number of rotatable bonds is 2. The molecule has 0 aliphatic rings. The highest BCUT2D eigenvalue weighted by molar-refractivity contribution is 4.86. The van der Waals surface area contributed by atoms with Gasteiger partial charge in [-0.2, -0.15) is 0 Å². The Morgan fingerprint density at radius 2 is 2.29 bits per heavy atom. The lowest BCUT2D eigenvalue weighted by Gasteiger charge is -1.65. The molecule has 0 aliphatic carbocycles. The second-order valence-corrected chi connectivity index (χ2v) is 1.05. The van der Waals surface area contributed by atoms with Gasteiger partial charge in [-0.25, -0.2) is 0 Å². The van der Waals surface area contributed by atoms with Gasteiger partial charge in [0.15, 0.2) is 0 Å². The second kappa shape index (κ2) is 5.04. The SMILES string of the molecule is C=C=C=CCC=C. The topological polar surface area (TPSA) is 0 Å². The Morgan fingerprint density at radius 1 is 1.57 bits per heavy atom. The van der Waals surface area contributed by atoms with Crippen LogP contribution < -0.4 is 0 Å². The summed E-state index contributed by atoms with van der Waals surface area (Å²) in [5.41, 5.74) is 5.19. The standard InChI is InChI=1S/C7H8/c1-3-5-7-6-4-2/h3,7H,1-2,5H2. The van der Waals surface area contributed by atoms with Crippen molar-refractivity contribution >= 4 is 0 Å². The molecule has 0 nitrogen and oxygen atoms in total. The molecule has 0 bridgehead atoms. The summed E-state index contributed by atoms with van der Waals surface area (Å²) in [6.07, 6.45) is 4.47. The third-order valence-electron chi connectivity index (χ3n) is 0.489. The molecule has 0 saturated carbocycles. The highest BCUT2D eigenvalue weighted by Crippen LogP contribution is 1.76. The van der Waals surface area contributed by atoms with Gasteiger partial charge in [-0.05, 0) is 19.1 Å². The van der Waals surface area contributed by atoms with Gasteiger partial charge in [0.05, 0.1) is 0 Å². The molecule has 0 heteroatoms. The van der Waals surface area contributed by atoms with Crippen molar-refractivity contribution in [1.29, 1.82) is 0 Å². The van der Waals surface area contributed by atoms with Crippen LogP contribution in [-0.4, -0.2) is 0 Å². The van der Waals surface area contributed by atoms with Crippen LogP contribution in [0.5, 0.6) is 0 Å². The smallest absolute Gasteiger partial charge is 0.00892 e. The Labute approximate surface area is 44.2 Å². The van der Waals surface area contributed by atoms with E-state index in [9.17, 15) is 0 Å². The summed E-state index contributed by atoms with van der Waals surface area (Å²) in [5, 5.41) is 0. The van der Waals surface area contributed by atoms with Crippen LogP contribution in [0.1, 0.15) is 6.42 Å². The molecule has 0 aromatic carbocycles. The van der Waals surface area contributed by atoms with E-state index < -0.39 is 0 Å². The summed E-state index contributed by atoms with van der Waals surface area (Å²) in [7, 11) is 0. The molecule has 0 amide bonds. The summed E-state index contributed by atoms with van der Waals surface area (Å²) >= 11 is 0. The average molecular weight is 92.1 g/mol. The average Bonchev–Trinajstić information content (AvgIpc) is 1.69. The molecule has 0 unspecified atom stereocenters. The molecule has 36 valence electrons. The normalized spacial score (nSPS) is 5.71. The van der Waals surface area contributed by atoms with E-state index in [-0.39, 0.29) is 0 Å². The van der Waals surface area contributed by atoms with Crippen LogP contribution in [0.4, 0.5) is 0 Å². The molecular formula is C7H8. The van der Waals surface area contributed by atoms with Crippen LogP contribution in [0.2, 0.25) is 0 Å². The lowest BCUT2D eigenvalue weighted by atomic mass is 10.4. The highest BCUT2D eigenvalue weighted by atomic mass is 13.6. The lowest BCUT2D eigenvalue weighted by molar-refractivity contribution is 1.42. The molecule has 0 radical (unpaired) electrons. The minimum absolute atomic E-state index is 0.850. The van der Waals surface area contributed by atoms with Gasteiger partial charge in [0, 0.05) is 0 Å². The maximum Gasteiger partial charge on any atom is -0.00892 e. The predicted octanol–water partition coefficient (Wildman–Crippen LogP) is 2.06. The molecule has 0 heterocycles. The highest BCUT2D eigenvalue weighted by Gasteiger charge is 1.57. The van der Waals surface area contributed by atoms with E-state index in [1.165, 1.54) is 0 Å². The van der Waals surface area contributed by atoms with E-state index in [0.29, 0.717) is 0 Å². The third kappa shape index (κ3) is 5.04. The van der Waals surface area contributed by atoms with Crippen LogP contribution in [0.3, 0.4) is 0 Å². The molecule has 0 aromatic rings. The van der Waals surface area contributed by atoms with E-state index >= 15 is 0 Å². The fourth-order valence-electron chi connectivity index (χ4n) is 0.214. The van der Waals surface area contributed by atoms with Gasteiger partial charge >= 0.3 is 0 Å². The van der Waals surface area contributed by atoms with Gasteiger partial charge in [0.1, 0.15) is 0 Å². The van der Waals surface area contributed by atoms with Crippen molar-refractivity contribution < 1.29 is 0 Å². The Hall–Kier alpha value is -0.960. The fraction of sp³-hybridized carbons (Fsp3) is 0.143. The van der Waals surface area contributed by atoms with Crippen molar-refractivity contribution in [3.05, 3.63) is 36.8 Å². The molecule has 0 saturated heterocycles. The van der Waals surface area contributed by atoms with E-state index in [2.05, 4.69) is 24.6 Å². The van der Waals surface area contributed by atoms with Gasteiger partial charge in [-0.15, -0.1) is 6.58 Å². The molecule has 0 aromatic heterocycles. The largest absolute Gasteiger partial charge is 0.103 e. The van der Waals surface area contributed by atoms with Gasteiger partial charge in [-0.1, -0.05) is 17.5 Å². The second-order valence-electron chi connectivity index (χ2n) is 1.05. The molecule has 7 heavy (non-hydrogen) atoms. The Kier molecular flexibility index (Phi) is 4.35.